The number of nitrogens with zero attached hydrogens (tertiary/aromatic N) is 1. The third kappa shape index (κ3) is 4.61. The average molecular weight is 342 g/mol. The van der Waals surface area contributed by atoms with Crippen molar-refractivity contribution < 1.29 is 19.3 Å². The van der Waals surface area contributed by atoms with Gasteiger partial charge in [0, 0.05) is 24.2 Å². The Hall–Kier alpha value is -3.75. The first-order valence-electron chi connectivity index (χ1n) is 7.10. The van der Waals surface area contributed by atoms with Crippen LogP contribution in [0.25, 0.3) is 0 Å². The van der Waals surface area contributed by atoms with Crippen LogP contribution in [-0.2, 0) is 4.79 Å². The topological polar surface area (TPSA) is 130 Å². The number of nitro groups is 1. The number of rotatable bonds is 4. The monoisotopic (exact) mass is 342 g/mol. The molecule has 25 heavy (non-hydrogen) atoms. The van der Waals surface area contributed by atoms with Gasteiger partial charge in [-0.3, -0.25) is 35.3 Å². The fraction of sp³-hybridized carbons (Fsp3) is 0.0625. The van der Waals surface area contributed by atoms with Crippen LogP contribution in [0, 0.1) is 10.1 Å². The molecule has 0 radical (unpaired) electrons. The molecule has 3 amide bonds. The normalized spacial score (nSPS) is 9.80. The molecule has 0 saturated carbocycles. The Morgan fingerprint density at radius 1 is 0.920 bits per heavy atom. The van der Waals surface area contributed by atoms with Crippen molar-refractivity contribution in [3.8, 4) is 0 Å². The van der Waals surface area contributed by atoms with Gasteiger partial charge in [0.25, 0.3) is 17.5 Å². The van der Waals surface area contributed by atoms with Gasteiger partial charge in [-0.25, -0.2) is 0 Å². The maximum absolute atomic E-state index is 12.0. The van der Waals surface area contributed by atoms with Gasteiger partial charge in [0.15, 0.2) is 0 Å². The molecule has 0 aliphatic heterocycles. The van der Waals surface area contributed by atoms with Gasteiger partial charge in [0.2, 0.25) is 5.91 Å². The Morgan fingerprint density at radius 3 is 2.12 bits per heavy atom. The first kappa shape index (κ1) is 17.6. The molecule has 0 heterocycles. The van der Waals surface area contributed by atoms with Crippen LogP contribution in [0.3, 0.4) is 0 Å². The second-order valence-corrected chi connectivity index (χ2v) is 4.94. The lowest BCUT2D eigenvalue weighted by molar-refractivity contribution is -0.385. The summed E-state index contributed by atoms with van der Waals surface area (Å²) in [6, 6.07) is 11.4. The molecule has 0 aromatic heterocycles. The van der Waals surface area contributed by atoms with Crippen LogP contribution in [0.5, 0.6) is 0 Å². The molecule has 9 nitrogen and oxygen atoms in total. The highest BCUT2D eigenvalue weighted by atomic mass is 16.6. The van der Waals surface area contributed by atoms with Gasteiger partial charge in [0.05, 0.1) is 4.92 Å². The van der Waals surface area contributed by atoms with Crippen LogP contribution in [0.2, 0.25) is 0 Å². The van der Waals surface area contributed by atoms with Gasteiger partial charge in [-0.2, -0.15) is 0 Å². The van der Waals surface area contributed by atoms with E-state index in [9.17, 15) is 24.5 Å². The van der Waals surface area contributed by atoms with E-state index in [0.717, 1.165) is 0 Å². The number of hydrogen-bond acceptors (Lipinski definition) is 5. The molecule has 0 saturated heterocycles. The summed E-state index contributed by atoms with van der Waals surface area (Å²) >= 11 is 0. The predicted molar refractivity (Wildman–Crippen MR) is 88.8 cm³/mol. The minimum Gasteiger partial charge on any atom is -0.326 e. The summed E-state index contributed by atoms with van der Waals surface area (Å²) in [7, 11) is 0. The Bertz CT molecular complexity index is 833. The lowest BCUT2D eigenvalue weighted by Gasteiger charge is -2.08. The van der Waals surface area contributed by atoms with Crippen molar-refractivity contribution >= 4 is 29.1 Å². The SMILES string of the molecule is CC(=O)Nc1ccc(C(=O)NNC(=O)c2ccccc2[N+](=O)[O-])cc1. The predicted octanol–water partition coefficient (Wildman–Crippen LogP) is 1.63. The van der Waals surface area contributed by atoms with Gasteiger partial charge < -0.3 is 5.32 Å². The standard InChI is InChI=1S/C16H14N4O5/c1-10(21)17-12-8-6-11(7-9-12)15(22)18-19-16(23)13-4-2-3-5-14(13)20(24)25/h2-9H,1H3,(H,17,21)(H,18,22)(H,19,23). The van der Waals surface area contributed by atoms with E-state index in [1.165, 1.54) is 55.5 Å². The first-order chi connectivity index (χ1) is 11.9. The Morgan fingerprint density at radius 2 is 1.52 bits per heavy atom. The summed E-state index contributed by atoms with van der Waals surface area (Å²) in [4.78, 5) is 45.1. The van der Waals surface area contributed by atoms with Crippen LogP contribution in [0.4, 0.5) is 11.4 Å². The fourth-order valence-electron chi connectivity index (χ4n) is 1.99. The fourth-order valence-corrected chi connectivity index (χ4v) is 1.99. The van der Waals surface area contributed by atoms with Crippen molar-refractivity contribution in [1.82, 2.24) is 10.9 Å². The Kier molecular flexibility index (Phi) is 5.41. The molecule has 0 aliphatic rings. The van der Waals surface area contributed by atoms with E-state index in [4.69, 9.17) is 0 Å². The largest absolute Gasteiger partial charge is 0.326 e. The van der Waals surface area contributed by atoms with Crippen LogP contribution in [-0.4, -0.2) is 22.6 Å². The van der Waals surface area contributed by atoms with Gasteiger partial charge in [-0.1, -0.05) is 12.1 Å². The van der Waals surface area contributed by atoms with Crippen molar-refractivity contribution in [2.75, 3.05) is 5.32 Å². The molecular formula is C16H14N4O5. The van der Waals surface area contributed by atoms with Crippen molar-refractivity contribution in [3.63, 3.8) is 0 Å². The van der Waals surface area contributed by atoms with Crippen molar-refractivity contribution in [3.05, 3.63) is 69.8 Å². The second kappa shape index (κ2) is 7.68. The van der Waals surface area contributed by atoms with E-state index >= 15 is 0 Å². The summed E-state index contributed by atoms with van der Waals surface area (Å²) in [5, 5.41) is 13.5. The molecule has 2 aromatic rings. The zero-order valence-electron chi connectivity index (χ0n) is 13.1. The minimum atomic E-state index is -0.810. The quantitative estimate of drug-likeness (QED) is 0.574. The number of hydrogen-bond donors (Lipinski definition) is 3. The second-order valence-electron chi connectivity index (χ2n) is 4.94. The number of carbonyl (C=O) groups excluding carboxylic acids is 3. The molecular weight excluding hydrogens is 328 g/mol. The zero-order chi connectivity index (χ0) is 18.4. The lowest BCUT2D eigenvalue weighted by Crippen LogP contribution is -2.41. The van der Waals surface area contributed by atoms with E-state index in [0.29, 0.717) is 5.69 Å². The van der Waals surface area contributed by atoms with E-state index in [1.807, 2.05) is 0 Å². The minimum absolute atomic E-state index is 0.172. The maximum atomic E-state index is 12.0. The molecule has 2 aromatic carbocycles. The van der Waals surface area contributed by atoms with E-state index < -0.39 is 16.7 Å². The number of carbonyl (C=O) groups is 3. The molecule has 9 heteroatoms. The van der Waals surface area contributed by atoms with Gasteiger partial charge in [0.1, 0.15) is 5.56 Å². The highest BCUT2D eigenvalue weighted by molar-refractivity contribution is 6.01. The Labute approximate surface area is 142 Å². The highest BCUT2D eigenvalue weighted by Gasteiger charge is 2.19. The third-order valence-corrected chi connectivity index (χ3v) is 3.10. The van der Waals surface area contributed by atoms with Crippen molar-refractivity contribution in [1.29, 1.82) is 0 Å². The van der Waals surface area contributed by atoms with E-state index in [1.54, 1.807) is 0 Å². The number of para-hydroxylation sites is 1. The van der Waals surface area contributed by atoms with Crippen LogP contribution >= 0.6 is 0 Å². The number of benzene rings is 2. The number of nitro benzene ring substituents is 1. The number of amides is 3. The summed E-state index contributed by atoms with van der Waals surface area (Å²) < 4.78 is 0. The van der Waals surface area contributed by atoms with E-state index in [-0.39, 0.29) is 22.7 Å². The van der Waals surface area contributed by atoms with Crippen molar-refractivity contribution in [2.24, 2.45) is 0 Å². The zero-order valence-corrected chi connectivity index (χ0v) is 13.1. The van der Waals surface area contributed by atoms with Crippen molar-refractivity contribution in [2.45, 2.75) is 6.92 Å². The molecule has 2 rings (SSSR count). The molecule has 0 aliphatic carbocycles. The molecule has 0 atom stereocenters. The Balaban J connectivity index is 2.01. The van der Waals surface area contributed by atoms with Gasteiger partial charge in [-0.05, 0) is 30.3 Å². The highest BCUT2D eigenvalue weighted by Crippen LogP contribution is 2.17. The maximum Gasteiger partial charge on any atom is 0.282 e. The summed E-state index contributed by atoms with van der Waals surface area (Å²) in [5.41, 5.74) is 4.52. The average Bonchev–Trinajstić information content (AvgIpc) is 2.59. The molecule has 0 spiro atoms. The van der Waals surface area contributed by atoms with Crippen LogP contribution in [0.15, 0.2) is 48.5 Å². The van der Waals surface area contributed by atoms with Crippen LogP contribution < -0.4 is 16.2 Å². The molecule has 0 bridgehead atoms. The van der Waals surface area contributed by atoms with Crippen LogP contribution in [0.1, 0.15) is 27.6 Å². The lowest BCUT2D eigenvalue weighted by atomic mass is 10.1. The van der Waals surface area contributed by atoms with E-state index in [2.05, 4.69) is 16.2 Å². The number of hydrazine groups is 1. The van der Waals surface area contributed by atoms with Gasteiger partial charge >= 0.3 is 0 Å². The third-order valence-electron chi connectivity index (χ3n) is 3.10. The molecule has 0 unspecified atom stereocenters. The summed E-state index contributed by atoms with van der Waals surface area (Å²) in [6.45, 7) is 1.36. The summed E-state index contributed by atoms with van der Waals surface area (Å²) in [6.07, 6.45) is 0. The molecule has 0 fully saturated rings. The first-order valence-corrected chi connectivity index (χ1v) is 7.10. The summed E-state index contributed by atoms with van der Waals surface area (Å²) in [5.74, 6) is -1.66. The smallest absolute Gasteiger partial charge is 0.282 e. The molecule has 128 valence electrons. The molecule has 3 N–H and O–H groups in total. The number of nitrogens with one attached hydrogen (secondary N) is 3. The number of anilines is 1. The van der Waals surface area contributed by atoms with Gasteiger partial charge in [-0.15, -0.1) is 0 Å².